The minimum absolute atomic E-state index is 0.0703. The normalized spacial score (nSPS) is 21.5. The van der Waals surface area contributed by atoms with Gasteiger partial charge in [-0.3, -0.25) is 19.8 Å². The van der Waals surface area contributed by atoms with Gasteiger partial charge in [-0.1, -0.05) is 24.3 Å². The monoisotopic (exact) mass is 894 g/mol. The molecule has 1 amide bonds. The third-order valence-corrected chi connectivity index (χ3v) is 15.7. The van der Waals surface area contributed by atoms with Crippen molar-refractivity contribution in [3.63, 3.8) is 0 Å². The number of ether oxygens (including phenoxy) is 1. The van der Waals surface area contributed by atoms with Crippen LogP contribution < -0.4 is 19.7 Å². The molecule has 1 unspecified atom stereocenters. The molecule has 0 radical (unpaired) electrons. The van der Waals surface area contributed by atoms with Crippen molar-refractivity contribution in [3.8, 4) is 11.5 Å². The Kier molecular flexibility index (Phi) is 11.0. The number of aromatic amines is 1. The second kappa shape index (κ2) is 16.7. The lowest BCUT2D eigenvalue weighted by Gasteiger charge is -2.56. The molecule has 14 nitrogen and oxygen atoms in total. The number of nitro groups is 1. The highest BCUT2D eigenvalue weighted by Gasteiger charge is 2.50. The van der Waals surface area contributed by atoms with E-state index in [2.05, 4.69) is 59.1 Å². The van der Waals surface area contributed by atoms with E-state index in [1.54, 1.807) is 35.5 Å². The fourth-order valence-electron chi connectivity index (χ4n) is 10.7. The largest absolute Gasteiger partial charge is 0.455 e. The Morgan fingerprint density at radius 2 is 1.69 bits per heavy atom. The number of fused-ring (bicyclic) bond motifs is 1. The molecule has 3 saturated carbocycles. The maximum Gasteiger partial charge on any atom is 0.312 e. The first kappa shape index (κ1) is 42.3. The molecule has 5 fully saturated rings. The van der Waals surface area contributed by atoms with Crippen molar-refractivity contribution in [2.45, 2.75) is 106 Å². The van der Waals surface area contributed by atoms with E-state index in [1.807, 2.05) is 6.07 Å². The molecule has 2 saturated heterocycles. The van der Waals surface area contributed by atoms with Crippen LogP contribution in [0.25, 0.3) is 11.0 Å². The molecule has 2 aliphatic heterocycles. The lowest BCUT2D eigenvalue weighted by atomic mass is 9.59. The van der Waals surface area contributed by atoms with Gasteiger partial charge in [-0.15, -0.1) is 0 Å². The summed E-state index contributed by atoms with van der Waals surface area (Å²) in [6, 6.07) is 19.7. The van der Waals surface area contributed by atoms with Gasteiger partial charge in [-0.2, -0.15) is 0 Å². The number of piperidine rings is 1. The fraction of sp³-hybridized carbons (Fsp3) is 0.468. The van der Waals surface area contributed by atoms with Gasteiger partial charge in [0.15, 0.2) is 0 Å². The Morgan fingerprint density at radius 1 is 0.922 bits per heavy atom. The summed E-state index contributed by atoms with van der Waals surface area (Å²) in [7, 11) is -4.68. The second-order valence-corrected chi connectivity index (χ2v) is 20.3. The number of hydrogen-bond acceptors (Lipinski definition) is 11. The van der Waals surface area contributed by atoms with Crippen molar-refractivity contribution in [3.05, 3.63) is 106 Å². The predicted molar refractivity (Wildman–Crippen MR) is 238 cm³/mol. The van der Waals surface area contributed by atoms with Crippen LogP contribution in [0.2, 0.25) is 0 Å². The number of nitrogens with one attached hydrogen (secondary N) is 3. The average Bonchev–Trinajstić information content (AvgIpc) is 3.82. The van der Waals surface area contributed by atoms with E-state index in [1.165, 1.54) is 50.8 Å². The van der Waals surface area contributed by atoms with Crippen LogP contribution in [0, 0.1) is 21.4 Å². The zero-order valence-electron chi connectivity index (χ0n) is 35.5. The third-order valence-electron chi connectivity index (χ3n) is 14.4. The van der Waals surface area contributed by atoms with Gasteiger partial charge in [0.1, 0.15) is 22.0 Å². The van der Waals surface area contributed by atoms with E-state index >= 15 is 0 Å². The molecule has 2 aromatic carbocycles. The number of benzene rings is 2. The van der Waals surface area contributed by atoms with Crippen LogP contribution in [0.3, 0.4) is 0 Å². The highest BCUT2D eigenvalue weighted by atomic mass is 32.2. The van der Waals surface area contributed by atoms with Crippen LogP contribution in [0.5, 0.6) is 11.5 Å². The zero-order chi connectivity index (χ0) is 44.2. The van der Waals surface area contributed by atoms with Crippen LogP contribution >= 0.6 is 0 Å². The molecule has 3 aliphatic carbocycles. The smallest absolute Gasteiger partial charge is 0.312 e. The van der Waals surface area contributed by atoms with E-state index in [-0.39, 0.29) is 55.3 Å². The van der Waals surface area contributed by atoms with E-state index in [0.29, 0.717) is 28.9 Å². The summed E-state index contributed by atoms with van der Waals surface area (Å²) in [6.45, 7) is 2.96. The number of likely N-dealkylation sites (tertiary alicyclic amines) is 1. The summed E-state index contributed by atoms with van der Waals surface area (Å²) in [5, 5.41) is 15.7. The van der Waals surface area contributed by atoms with Crippen LogP contribution in [0.1, 0.15) is 110 Å². The maximum absolute atomic E-state index is 13.9. The molecule has 10 rings (SSSR count). The minimum atomic E-state index is -4.68. The van der Waals surface area contributed by atoms with Crippen molar-refractivity contribution in [2.24, 2.45) is 11.3 Å². The molecule has 3 N–H and O–H groups in total. The first-order chi connectivity index (χ1) is 30.8. The summed E-state index contributed by atoms with van der Waals surface area (Å²) < 4.78 is 63.0. The van der Waals surface area contributed by atoms with Gasteiger partial charge in [-0.05, 0) is 123 Å². The van der Waals surface area contributed by atoms with Gasteiger partial charge < -0.3 is 19.9 Å². The van der Waals surface area contributed by atoms with E-state index < -0.39 is 37.4 Å². The number of nitrogens with zero attached hydrogens (tertiary/aromatic N) is 5. The van der Waals surface area contributed by atoms with Crippen molar-refractivity contribution in [2.75, 3.05) is 36.4 Å². The number of amides is 1. The van der Waals surface area contributed by atoms with Gasteiger partial charge in [0, 0.05) is 74.0 Å². The molecule has 5 aliphatic rings. The van der Waals surface area contributed by atoms with Crippen LogP contribution in [-0.4, -0.2) is 77.2 Å². The van der Waals surface area contributed by atoms with Gasteiger partial charge in [0.05, 0.1) is 22.9 Å². The van der Waals surface area contributed by atoms with E-state index in [4.69, 9.17) is 4.74 Å². The number of carbonyl (C=O) groups is 1. The number of H-pyrrole nitrogens is 1. The predicted octanol–water partition coefficient (Wildman–Crippen LogP) is 9.48. The zero-order valence-corrected chi connectivity index (χ0v) is 36.3. The Bertz CT molecular complexity index is 2680. The highest BCUT2D eigenvalue weighted by molar-refractivity contribution is 7.90. The molecule has 5 aromatic rings. The molecule has 64 heavy (non-hydrogen) atoms. The molecule has 336 valence electrons. The number of carbonyl (C=O) groups excluding carboxylic acids is 1. The SMILES string of the molecule is O=C(NS(=O)(=O)c1cnc(NCC2CCC(F)(F)CC2)c([N+](=O)[O-])c1)c1ccc(N2CCC3(CC2)CC(N2CCCC2c2ccccc2C2CC2)C3)cc1Oc1cnc2[nH]ccc2c1. The van der Waals surface area contributed by atoms with Gasteiger partial charge in [-0.25, -0.2) is 31.9 Å². The lowest BCUT2D eigenvalue weighted by molar-refractivity contribution is -0.384. The van der Waals surface area contributed by atoms with Crippen molar-refractivity contribution >= 4 is 44.2 Å². The minimum Gasteiger partial charge on any atom is -0.455 e. The van der Waals surface area contributed by atoms with E-state index in [9.17, 15) is 32.1 Å². The summed E-state index contributed by atoms with van der Waals surface area (Å²) in [5.74, 6) is -2.89. The Hall–Kier alpha value is -5.68. The number of pyridine rings is 2. The third kappa shape index (κ3) is 8.63. The van der Waals surface area contributed by atoms with Crippen molar-refractivity contribution in [1.82, 2.24) is 24.6 Å². The molecular formula is C47H52F2N8O6S. The molecule has 3 aromatic heterocycles. The van der Waals surface area contributed by atoms with Gasteiger partial charge in [0.2, 0.25) is 11.7 Å². The van der Waals surface area contributed by atoms with Crippen LogP contribution in [0.4, 0.5) is 26.0 Å². The number of anilines is 2. The van der Waals surface area contributed by atoms with Crippen molar-refractivity contribution < 1.29 is 31.7 Å². The summed E-state index contributed by atoms with van der Waals surface area (Å²) in [5.41, 5.74) is 4.18. The topological polar surface area (TPSA) is 176 Å². The number of hydrogen-bond donors (Lipinski definition) is 3. The first-order valence-corrected chi connectivity index (χ1v) is 24.0. The summed E-state index contributed by atoms with van der Waals surface area (Å²) in [4.78, 5) is 41.2. The average molecular weight is 895 g/mol. The van der Waals surface area contributed by atoms with Crippen molar-refractivity contribution in [1.29, 1.82) is 0 Å². The molecule has 1 atom stereocenters. The maximum atomic E-state index is 13.9. The number of aromatic nitrogens is 3. The molecular weight excluding hydrogens is 843 g/mol. The van der Waals surface area contributed by atoms with Crippen LogP contribution in [0.15, 0.2) is 84.1 Å². The fourth-order valence-corrected chi connectivity index (χ4v) is 11.6. The first-order valence-electron chi connectivity index (χ1n) is 22.5. The standard InChI is InChI=1S/C47H52F2N8O6S/c48-47(49)14-11-30(12-15-47)27-51-44-41(57(59)60)24-36(29-53-44)64(61,62)54-45(58)39-10-9-33(23-42(39)63-35-22-32-13-18-50-43(32)52-28-35)55-20-16-46(17-21-55)25-34(26-46)56-19-3-6-40(56)38-5-2-1-4-37(38)31-7-8-31/h1-2,4-5,9-10,13,18,22-24,28-31,34,40H,3,6-8,11-12,14-17,19-21,25-27H2,(H,50,52)(H,51,53)(H,54,58). The highest BCUT2D eigenvalue weighted by Crippen LogP contribution is 2.55. The summed E-state index contributed by atoms with van der Waals surface area (Å²) >= 11 is 0. The Labute approximate surface area is 370 Å². The van der Waals surface area contributed by atoms with Crippen LogP contribution in [-0.2, 0) is 10.0 Å². The number of alkyl halides is 2. The lowest BCUT2D eigenvalue weighted by Crippen LogP contribution is -2.54. The number of sulfonamides is 1. The van der Waals surface area contributed by atoms with Gasteiger partial charge in [0.25, 0.3) is 15.9 Å². The molecule has 5 heterocycles. The molecule has 0 bridgehead atoms. The number of halogens is 2. The molecule has 1 spiro atoms. The Balaban J connectivity index is 0.833. The quantitative estimate of drug-likeness (QED) is 0.0758. The second-order valence-electron chi connectivity index (χ2n) is 18.6. The summed E-state index contributed by atoms with van der Waals surface area (Å²) in [6.07, 6.45) is 13.7. The van der Waals surface area contributed by atoms with Gasteiger partial charge >= 0.3 is 5.69 Å². The molecule has 17 heteroatoms. The Morgan fingerprint density at radius 3 is 2.44 bits per heavy atom. The van der Waals surface area contributed by atoms with E-state index in [0.717, 1.165) is 61.7 Å². The number of rotatable bonds is 13.